The fourth-order valence-corrected chi connectivity index (χ4v) is 5.01. The third-order valence-electron chi connectivity index (χ3n) is 4.73. The maximum atomic E-state index is 12.3. The number of hydrogen-bond donors (Lipinski definition) is 4. The summed E-state index contributed by atoms with van der Waals surface area (Å²) in [6.45, 7) is 1.59. The smallest absolute Gasteiger partial charge is 0.296 e. The average Bonchev–Trinajstić information content (AvgIpc) is 2.76. The van der Waals surface area contributed by atoms with Crippen molar-refractivity contribution in [3.05, 3.63) is 48.5 Å². The molecule has 0 radical (unpaired) electrons. The number of azo groups is 1. The fraction of sp³-hybridized carbons (Fsp3) is 0.190. The van der Waals surface area contributed by atoms with Gasteiger partial charge in [-0.15, -0.1) is 5.11 Å². The Kier molecular flexibility index (Phi) is 7.31. The number of sulfone groups is 1. The van der Waals surface area contributed by atoms with E-state index in [1.165, 1.54) is 49.4 Å². The molecule has 0 atom stereocenters. The molecular formula is C21H22N4O7S2. The highest BCUT2D eigenvalue weighted by Crippen LogP contribution is 2.42. The first-order valence-electron chi connectivity index (χ1n) is 9.86. The Morgan fingerprint density at radius 1 is 1.00 bits per heavy atom. The third-order valence-corrected chi connectivity index (χ3v) is 7.33. The third kappa shape index (κ3) is 5.75. The molecule has 0 spiro atoms. The van der Waals surface area contributed by atoms with E-state index in [9.17, 15) is 31.3 Å². The van der Waals surface area contributed by atoms with E-state index in [4.69, 9.17) is 0 Å². The lowest BCUT2D eigenvalue weighted by atomic mass is 10.1. The van der Waals surface area contributed by atoms with E-state index in [1.54, 1.807) is 7.05 Å². The van der Waals surface area contributed by atoms with Gasteiger partial charge in [0, 0.05) is 24.5 Å². The first-order valence-corrected chi connectivity index (χ1v) is 13.0. The first-order chi connectivity index (χ1) is 15.9. The second-order valence-corrected chi connectivity index (χ2v) is 10.8. The van der Waals surface area contributed by atoms with Gasteiger partial charge in [0.05, 0.1) is 16.3 Å². The van der Waals surface area contributed by atoms with Crippen molar-refractivity contribution in [2.75, 3.05) is 24.7 Å². The molecule has 0 heterocycles. The van der Waals surface area contributed by atoms with E-state index in [0.29, 0.717) is 5.69 Å². The monoisotopic (exact) mass is 506 g/mol. The minimum atomic E-state index is -4.78. The van der Waals surface area contributed by atoms with Gasteiger partial charge in [0.2, 0.25) is 5.91 Å². The molecule has 1 amide bonds. The van der Waals surface area contributed by atoms with E-state index >= 15 is 0 Å². The summed E-state index contributed by atoms with van der Waals surface area (Å²) in [5.74, 6) is -1.01. The Balaban J connectivity index is 2.05. The van der Waals surface area contributed by atoms with Crippen LogP contribution in [0.15, 0.2) is 68.6 Å². The maximum absolute atomic E-state index is 12.3. The number of nitrogens with zero attached hydrogens (tertiary/aromatic N) is 2. The van der Waals surface area contributed by atoms with Crippen molar-refractivity contribution >= 4 is 53.7 Å². The number of carbonyl (C=O) groups excluding carboxylic acids is 1. The molecule has 3 aromatic rings. The van der Waals surface area contributed by atoms with Gasteiger partial charge >= 0.3 is 0 Å². The van der Waals surface area contributed by atoms with Gasteiger partial charge in [0.25, 0.3) is 10.1 Å². The largest absolute Gasteiger partial charge is 0.505 e. The molecule has 4 N–H and O–H groups in total. The van der Waals surface area contributed by atoms with Crippen molar-refractivity contribution in [1.82, 2.24) is 5.32 Å². The second kappa shape index (κ2) is 9.85. The van der Waals surface area contributed by atoms with Crippen LogP contribution in [-0.4, -0.2) is 51.7 Å². The Hall–Kier alpha value is -3.39. The lowest BCUT2D eigenvalue weighted by Crippen LogP contribution is -2.19. The number of fused-ring (bicyclic) bond motifs is 1. The van der Waals surface area contributed by atoms with Gasteiger partial charge in [-0.1, -0.05) is 6.07 Å². The quantitative estimate of drug-likeness (QED) is 0.266. The number of phenols is 1. The number of rotatable bonds is 8. The van der Waals surface area contributed by atoms with Crippen molar-refractivity contribution in [3.8, 4) is 5.75 Å². The van der Waals surface area contributed by atoms with E-state index in [1.807, 2.05) is 0 Å². The van der Waals surface area contributed by atoms with Crippen LogP contribution in [-0.2, 0) is 24.7 Å². The van der Waals surface area contributed by atoms with Crippen LogP contribution in [0.1, 0.15) is 6.92 Å². The van der Waals surface area contributed by atoms with Gasteiger partial charge in [0.1, 0.15) is 10.6 Å². The molecule has 180 valence electrons. The zero-order chi connectivity index (χ0) is 25.1. The summed E-state index contributed by atoms with van der Waals surface area (Å²) in [6, 6.07) is 10.9. The van der Waals surface area contributed by atoms with Crippen molar-refractivity contribution < 1.29 is 31.3 Å². The first kappa shape index (κ1) is 25.2. The van der Waals surface area contributed by atoms with Crippen LogP contribution in [0.2, 0.25) is 0 Å². The summed E-state index contributed by atoms with van der Waals surface area (Å²) in [4.78, 5) is 10.7. The molecule has 3 aromatic carbocycles. The maximum Gasteiger partial charge on any atom is 0.296 e. The summed E-state index contributed by atoms with van der Waals surface area (Å²) < 4.78 is 58.0. The van der Waals surface area contributed by atoms with E-state index < -0.39 is 36.3 Å². The van der Waals surface area contributed by atoms with Crippen LogP contribution in [0, 0.1) is 0 Å². The molecule has 0 saturated carbocycles. The lowest BCUT2D eigenvalue weighted by molar-refractivity contribution is -0.114. The Morgan fingerprint density at radius 3 is 2.26 bits per heavy atom. The van der Waals surface area contributed by atoms with E-state index in [0.717, 1.165) is 6.07 Å². The van der Waals surface area contributed by atoms with Crippen molar-refractivity contribution in [3.63, 3.8) is 0 Å². The minimum Gasteiger partial charge on any atom is -0.505 e. The van der Waals surface area contributed by atoms with Gasteiger partial charge < -0.3 is 15.7 Å². The van der Waals surface area contributed by atoms with Crippen LogP contribution in [0.3, 0.4) is 0 Å². The Morgan fingerprint density at radius 2 is 1.68 bits per heavy atom. The predicted octanol–water partition coefficient (Wildman–Crippen LogP) is 3.16. The Bertz CT molecular complexity index is 1480. The van der Waals surface area contributed by atoms with Crippen molar-refractivity contribution in [2.45, 2.75) is 16.7 Å². The molecule has 11 nitrogen and oxygen atoms in total. The molecule has 0 unspecified atom stereocenters. The van der Waals surface area contributed by atoms with Crippen LogP contribution in [0.5, 0.6) is 5.75 Å². The number of benzene rings is 3. The molecule has 0 aliphatic heterocycles. The highest BCUT2D eigenvalue weighted by atomic mass is 32.2. The molecule has 0 aliphatic rings. The van der Waals surface area contributed by atoms with Crippen molar-refractivity contribution in [1.29, 1.82) is 0 Å². The molecule has 0 fully saturated rings. The van der Waals surface area contributed by atoms with Gasteiger partial charge in [0.15, 0.2) is 15.6 Å². The number of carbonyl (C=O) groups is 1. The second-order valence-electron chi connectivity index (χ2n) is 7.28. The van der Waals surface area contributed by atoms with Gasteiger partial charge in [-0.2, -0.15) is 13.5 Å². The molecule has 0 saturated heterocycles. The van der Waals surface area contributed by atoms with E-state index in [-0.39, 0.29) is 39.6 Å². The van der Waals surface area contributed by atoms with E-state index in [2.05, 4.69) is 20.9 Å². The predicted molar refractivity (Wildman–Crippen MR) is 126 cm³/mol. The number of aromatic hydroxyl groups is 1. The summed E-state index contributed by atoms with van der Waals surface area (Å²) in [7, 11) is -6.64. The molecule has 3 rings (SSSR count). The van der Waals surface area contributed by atoms with Gasteiger partial charge in [-0.25, -0.2) is 8.42 Å². The Labute approximate surface area is 196 Å². The topological polar surface area (TPSA) is 175 Å². The number of amides is 1. The average molecular weight is 507 g/mol. The zero-order valence-electron chi connectivity index (χ0n) is 18.2. The molecule has 13 heteroatoms. The highest BCUT2D eigenvalue weighted by molar-refractivity contribution is 7.91. The highest BCUT2D eigenvalue weighted by Gasteiger charge is 2.22. The van der Waals surface area contributed by atoms with Crippen LogP contribution in [0.4, 0.5) is 17.1 Å². The summed E-state index contributed by atoms with van der Waals surface area (Å²) in [5.41, 5.74) is 0.0221. The summed E-state index contributed by atoms with van der Waals surface area (Å²) in [5, 5.41) is 24.2. The normalized spacial score (nSPS) is 12.3. The molecule has 0 bridgehead atoms. The van der Waals surface area contributed by atoms with Gasteiger partial charge in [-0.05, 0) is 54.9 Å². The number of phenolic OH excluding ortho intramolecular Hbond substituents is 1. The van der Waals surface area contributed by atoms with Crippen LogP contribution >= 0.6 is 0 Å². The molecule has 34 heavy (non-hydrogen) atoms. The zero-order valence-corrected chi connectivity index (χ0v) is 19.8. The minimum absolute atomic E-state index is 0.0828. The number of hydrogen-bond acceptors (Lipinski definition) is 9. The summed E-state index contributed by atoms with van der Waals surface area (Å²) in [6.07, 6.45) is 0. The lowest BCUT2D eigenvalue weighted by Gasteiger charge is -2.10. The molecule has 0 aliphatic carbocycles. The number of anilines is 1. The van der Waals surface area contributed by atoms with Crippen LogP contribution in [0.25, 0.3) is 10.8 Å². The van der Waals surface area contributed by atoms with Gasteiger partial charge in [-0.3, -0.25) is 9.35 Å². The molecule has 0 aromatic heterocycles. The number of nitrogens with one attached hydrogen (secondary N) is 2. The standard InChI is InChI=1S/C21H22N4O7S2/c1-13(26)23-16-4-3-14-11-19(34(30,31)32)20(21(27)18(14)12-16)25-24-15-5-7-17(8-6-15)33(28,29)10-9-22-2/h3-8,11-12,22,27H,9-10H2,1-2H3,(H,23,26)(H,30,31,32)/b25-24+. The molecular weight excluding hydrogens is 484 g/mol. The van der Waals surface area contributed by atoms with Crippen molar-refractivity contribution in [2.24, 2.45) is 10.2 Å². The van der Waals surface area contributed by atoms with Crippen LogP contribution < -0.4 is 10.6 Å². The fourth-order valence-electron chi connectivity index (χ4n) is 3.10. The summed E-state index contributed by atoms with van der Waals surface area (Å²) >= 11 is 0. The SMILES string of the molecule is CNCCS(=O)(=O)c1ccc(/N=N/c2c(S(=O)(=O)O)cc3ccc(NC(C)=O)cc3c2O)cc1.